The number of rotatable bonds is 4. The second-order valence-corrected chi connectivity index (χ2v) is 5.00. The van der Waals surface area contributed by atoms with Crippen molar-refractivity contribution in [1.82, 2.24) is 20.2 Å². The van der Waals surface area contributed by atoms with Crippen LogP contribution in [0.25, 0.3) is 0 Å². The first-order chi connectivity index (χ1) is 10.1. The van der Waals surface area contributed by atoms with Crippen LogP contribution in [-0.4, -0.2) is 27.9 Å². The Hall–Kier alpha value is -2.43. The van der Waals surface area contributed by atoms with Crippen molar-refractivity contribution in [3.63, 3.8) is 0 Å². The number of pyridine rings is 2. The number of aromatic nitrogens is 2. The lowest BCUT2D eigenvalue weighted by atomic mass is 10.1. The standard InChI is InChI=1S/C16H20N4O/c1-12-10-17-9-7-14(12)11-19-16(21)20(3)13(2)15-6-4-5-8-18-15/h4-10,13H,11H2,1-3H3,(H,19,21). The van der Waals surface area contributed by atoms with Crippen molar-refractivity contribution in [1.29, 1.82) is 0 Å². The number of urea groups is 1. The van der Waals surface area contributed by atoms with Crippen LogP contribution in [0.2, 0.25) is 0 Å². The van der Waals surface area contributed by atoms with Gasteiger partial charge in [0.25, 0.3) is 0 Å². The second-order valence-electron chi connectivity index (χ2n) is 5.00. The molecule has 1 atom stereocenters. The molecule has 21 heavy (non-hydrogen) atoms. The van der Waals surface area contributed by atoms with Crippen LogP contribution < -0.4 is 5.32 Å². The van der Waals surface area contributed by atoms with E-state index in [9.17, 15) is 4.79 Å². The zero-order valence-corrected chi connectivity index (χ0v) is 12.6. The maximum absolute atomic E-state index is 12.2. The molecule has 0 fully saturated rings. The summed E-state index contributed by atoms with van der Waals surface area (Å²) in [5, 5.41) is 2.92. The molecule has 0 bridgehead atoms. The lowest BCUT2D eigenvalue weighted by molar-refractivity contribution is 0.193. The molecule has 5 heteroatoms. The fourth-order valence-corrected chi connectivity index (χ4v) is 1.99. The van der Waals surface area contributed by atoms with Gasteiger partial charge in [0, 0.05) is 32.2 Å². The van der Waals surface area contributed by atoms with Gasteiger partial charge in [0.2, 0.25) is 0 Å². The summed E-state index contributed by atoms with van der Waals surface area (Å²) in [5.74, 6) is 0. The summed E-state index contributed by atoms with van der Waals surface area (Å²) in [4.78, 5) is 22.2. The Balaban J connectivity index is 1.95. The predicted molar refractivity (Wildman–Crippen MR) is 81.6 cm³/mol. The Morgan fingerprint density at radius 3 is 2.81 bits per heavy atom. The quantitative estimate of drug-likeness (QED) is 0.939. The van der Waals surface area contributed by atoms with Gasteiger partial charge in [-0.05, 0) is 43.2 Å². The van der Waals surface area contributed by atoms with E-state index in [-0.39, 0.29) is 12.1 Å². The Labute approximate surface area is 125 Å². The van der Waals surface area contributed by atoms with Crippen LogP contribution in [0.15, 0.2) is 42.9 Å². The van der Waals surface area contributed by atoms with Gasteiger partial charge in [0.15, 0.2) is 0 Å². The number of carbonyl (C=O) groups is 1. The van der Waals surface area contributed by atoms with E-state index in [4.69, 9.17) is 0 Å². The Morgan fingerprint density at radius 2 is 2.14 bits per heavy atom. The lowest BCUT2D eigenvalue weighted by Crippen LogP contribution is -2.38. The average molecular weight is 284 g/mol. The lowest BCUT2D eigenvalue weighted by Gasteiger charge is -2.25. The zero-order valence-electron chi connectivity index (χ0n) is 12.6. The van der Waals surface area contributed by atoms with Crippen LogP contribution in [0, 0.1) is 6.92 Å². The summed E-state index contributed by atoms with van der Waals surface area (Å²) in [5.41, 5.74) is 3.01. The minimum Gasteiger partial charge on any atom is -0.334 e. The van der Waals surface area contributed by atoms with Crippen molar-refractivity contribution in [3.8, 4) is 0 Å². The second kappa shape index (κ2) is 6.83. The molecule has 2 rings (SSSR count). The molecule has 2 amide bonds. The maximum Gasteiger partial charge on any atom is 0.317 e. The van der Waals surface area contributed by atoms with Gasteiger partial charge in [0.1, 0.15) is 0 Å². The highest BCUT2D eigenvalue weighted by Crippen LogP contribution is 2.15. The van der Waals surface area contributed by atoms with Crippen molar-refractivity contribution in [3.05, 3.63) is 59.7 Å². The first-order valence-corrected chi connectivity index (χ1v) is 6.90. The molecule has 0 spiro atoms. The summed E-state index contributed by atoms with van der Waals surface area (Å²) >= 11 is 0. The molecule has 0 radical (unpaired) electrons. The third-order valence-corrected chi connectivity index (χ3v) is 3.58. The Morgan fingerprint density at radius 1 is 1.33 bits per heavy atom. The zero-order chi connectivity index (χ0) is 15.2. The van der Waals surface area contributed by atoms with Gasteiger partial charge in [-0.25, -0.2) is 4.79 Å². The van der Waals surface area contributed by atoms with Crippen molar-refractivity contribution in [2.45, 2.75) is 26.4 Å². The van der Waals surface area contributed by atoms with Gasteiger partial charge in [0.05, 0.1) is 11.7 Å². The molecule has 0 aliphatic heterocycles. The number of nitrogens with one attached hydrogen (secondary N) is 1. The highest BCUT2D eigenvalue weighted by atomic mass is 16.2. The summed E-state index contributed by atoms with van der Waals surface area (Å²) in [6, 6.07) is 7.42. The average Bonchev–Trinajstić information content (AvgIpc) is 2.53. The first kappa shape index (κ1) is 15.0. The van der Waals surface area contributed by atoms with E-state index >= 15 is 0 Å². The highest BCUT2D eigenvalue weighted by molar-refractivity contribution is 5.74. The predicted octanol–water partition coefficient (Wildman–Crippen LogP) is 2.69. The van der Waals surface area contributed by atoms with E-state index in [1.165, 1.54) is 0 Å². The van der Waals surface area contributed by atoms with Gasteiger partial charge in [-0.15, -0.1) is 0 Å². The SMILES string of the molecule is Cc1cnccc1CNC(=O)N(C)C(C)c1ccccn1. The first-order valence-electron chi connectivity index (χ1n) is 6.90. The molecular weight excluding hydrogens is 264 g/mol. The fraction of sp³-hybridized carbons (Fsp3) is 0.312. The number of hydrogen-bond acceptors (Lipinski definition) is 3. The van der Waals surface area contributed by atoms with Crippen LogP contribution in [0.5, 0.6) is 0 Å². The molecule has 5 nitrogen and oxygen atoms in total. The number of aryl methyl sites for hydroxylation is 1. The Bertz CT molecular complexity index is 600. The van der Waals surface area contributed by atoms with Crippen LogP contribution in [0.1, 0.15) is 29.8 Å². The van der Waals surface area contributed by atoms with Crippen molar-refractivity contribution in [2.24, 2.45) is 0 Å². The van der Waals surface area contributed by atoms with E-state index in [0.29, 0.717) is 6.54 Å². The third kappa shape index (κ3) is 3.78. The molecule has 2 heterocycles. The summed E-state index contributed by atoms with van der Waals surface area (Å²) < 4.78 is 0. The molecular formula is C16H20N4O. The van der Waals surface area contributed by atoms with Crippen LogP contribution >= 0.6 is 0 Å². The maximum atomic E-state index is 12.2. The van der Waals surface area contributed by atoms with E-state index < -0.39 is 0 Å². The fourth-order valence-electron chi connectivity index (χ4n) is 1.99. The molecule has 1 unspecified atom stereocenters. The molecule has 0 aliphatic rings. The van der Waals surface area contributed by atoms with Crippen molar-refractivity contribution >= 4 is 6.03 Å². The van der Waals surface area contributed by atoms with Crippen LogP contribution in [0.3, 0.4) is 0 Å². The molecule has 110 valence electrons. The minimum absolute atomic E-state index is 0.0789. The summed E-state index contributed by atoms with van der Waals surface area (Å²) in [6.45, 7) is 4.43. The van der Waals surface area contributed by atoms with E-state index in [2.05, 4.69) is 15.3 Å². The highest BCUT2D eigenvalue weighted by Gasteiger charge is 2.17. The smallest absolute Gasteiger partial charge is 0.317 e. The molecule has 0 saturated carbocycles. The largest absolute Gasteiger partial charge is 0.334 e. The molecule has 1 N–H and O–H groups in total. The van der Waals surface area contributed by atoms with E-state index in [0.717, 1.165) is 16.8 Å². The molecule has 0 aromatic carbocycles. The van der Waals surface area contributed by atoms with E-state index in [1.807, 2.05) is 38.1 Å². The van der Waals surface area contributed by atoms with Crippen molar-refractivity contribution < 1.29 is 4.79 Å². The van der Waals surface area contributed by atoms with Gasteiger partial charge in [-0.1, -0.05) is 6.07 Å². The molecule has 2 aromatic heterocycles. The van der Waals surface area contributed by atoms with Gasteiger partial charge >= 0.3 is 6.03 Å². The normalized spacial score (nSPS) is 11.8. The minimum atomic E-state index is -0.121. The molecule has 0 aliphatic carbocycles. The summed E-state index contributed by atoms with van der Waals surface area (Å²) in [7, 11) is 1.77. The number of nitrogens with zero attached hydrogens (tertiary/aromatic N) is 3. The van der Waals surface area contributed by atoms with Crippen LogP contribution in [0.4, 0.5) is 4.79 Å². The van der Waals surface area contributed by atoms with Gasteiger partial charge in [-0.3, -0.25) is 9.97 Å². The Kier molecular flexibility index (Phi) is 4.87. The monoisotopic (exact) mass is 284 g/mol. The third-order valence-electron chi connectivity index (χ3n) is 3.58. The van der Waals surface area contributed by atoms with Gasteiger partial charge < -0.3 is 10.2 Å². The van der Waals surface area contributed by atoms with Crippen molar-refractivity contribution in [2.75, 3.05) is 7.05 Å². The molecule has 0 saturated heterocycles. The topological polar surface area (TPSA) is 58.1 Å². The van der Waals surface area contributed by atoms with E-state index in [1.54, 1.807) is 30.5 Å². The molecule has 2 aromatic rings. The summed E-state index contributed by atoms with van der Waals surface area (Å²) in [6.07, 6.45) is 5.26. The number of amides is 2. The van der Waals surface area contributed by atoms with Crippen LogP contribution in [-0.2, 0) is 6.54 Å². The number of carbonyl (C=O) groups excluding carboxylic acids is 1. The number of hydrogen-bond donors (Lipinski definition) is 1. The van der Waals surface area contributed by atoms with Gasteiger partial charge in [-0.2, -0.15) is 0 Å².